The van der Waals surface area contributed by atoms with Gasteiger partial charge in [0.05, 0.1) is 11.1 Å². The molecular weight excluding hydrogens is 384 g/mol. The van der Waals surface area contributed by atoms with E-state index in [0.717, 1.165) is 16.7 Å². The van der Waals surface area contributed by atoms with Crippen LogP contribution in [0, 0.1) is 6.92 Å². The van der Waals surface area contributed by atoms with Gasteiger partial charge in [0.1, 0.15) is 6.04 Å². The molecule has 1 aliphatic rings. The predicted octanol–water partition coefficient (Wildman–Crippen LogP) is 4.29. The lowest BCUT2D eigenvalue weighted by molar-refractivity contribution is 0.585. The molecule has 1 aromatic heterocycles. The molecule has 27 heavy (non-hydrogen) atoms. The molecule has 6 nitrogen and oxygen atoms in total. The molecule has 0 fully saturated rings. The molecule has 2 heterocycles. The third-order valence-electron chi connectivity index (χ3n) is 4.55. The minimum absolute atomic E-state index is 0.0320. The van der Waals surface area contributed by atoms with E-state index in [2.05, 4.69) is 15.6 Å². The number of rotatable bonds is 2. The molecule has 4 rings (SSSR count). The Morgan fingerprint density at radius 1 is 1.07 bits per heavy atom. The number of aryl methyl sites for hydroxylation is 1. The van der Waals surface area contributed by atoms with E-state index >= 15 is 0 Å². The van der Waals surface area contributed by atoms with Gasteiger partial charge in [0.25, 0.3) is 0 Å². The van der Waals surface area contributed by atoms with Crippen LogP contribution in [-0.2, 0) is 9.84 Å². The Morgan fingerprint density at radius 3 is 2.41 bits per heavy atom. The number of nitrogens with zero attached hydrogens (tertiary/aromatic N) is 3. The quantitative estimate of drug-likeness (QED) is 0.696. The Labute approximate surface area is 162 Å². The molecule has 0 spiro atoms. The van der Waals surface area contributed by atoms with Gasteiger partial charge in [0, 0.05) is 10.6 Å². The minimum atomic E-state index is -3.72. The van der Waals surface area contributed by atoms with Crippen LogP contribution in [0.1, 0.15) is 18.5 Å². The maximum Gasteiger partial charge on any atom is 0.223 e. The number of nitrogens with one attached hydrogen (secondary N) is 1. The topological polar surface area (TPSA) is 76.3 Å². The fraction of sp³-hybridized carbons (Fsp3) is 0.158. The molecule has 0 saturated heterocycles. The molecule has 0 amide bonds. The third-order valence-corrected chi connectivity index (χ3v) is 6.68. The fourth-order valence-corrected chi connectivity index (χ4v) is 4.61. The van der Waals surface area contributed by atoms with E-state index in [-0.39, 0.29) is 9.94 Å². The number of halogens is 1. The lowest BCUT2D eigenvalue weighted by Gasteiger charge is -2.23. The number of fused-ring (bicyclic) bond motifs is 1. The van der Waals surface area contributed by atoms with Gasteiger partial charge in [0.2, 0.25) is 9.84 Å². The zero-order valence-corrected chi connectivity index (χ0v) is 16.3. The summed E-state index contributed by atoms with van der Waals surface area (Å²) < 4.78 is 27.6. The van der Waals surface area contributed by atoms with Gasteiger partial charge in [-0.3, -0.25) is 5.43 Å². The first-order valence-corrected chi connectivity index (χ1v) is 10.2. The standard InChI is InChI=1S/C19H17ClN4O2S/c1-12-3-9-16(10-4-12)27(25,26)19-13(2)24-18(22-23-19)17(11-21-24)14-5-7-15(20)8-6-14/h3-11,13,22H,1-2H3. The molecular formula is C19H17ClN4O2S. The van der Waals surface area contributed by atoms with Crippen LogP contribution < -0.4 is 5.43 Å². The molecule has 0 saturated carbocycles. The van der Waals surface area contributed by atoms with Crippen molar-refractivity contribution in [3.05, 3.63) is 65.3 Å². The Morgan fingerprint density at radius 2 is 1.74 bits per heavy atom. The molecule has 1 aliphatic heterocycles. The second-order valence-electron chi connectivity index (χ2n) is 6.41. The van der Waals surface area contributed by atoms with Gasteiger partial charge in [-0.15, -0.1) is 0 Å². The minimum Gasteiger partial charge on any atom is -0.260 e. The zero-order chi connectivity index (χ0) is 19.2. The summed E-state index contributed by atoms with van der Waals surface area (Å²) >= 11 is 5.95. The number of hydrogen-bond donors (Lipinski definition) is 1. The highest BCUT2D eigenvalue weighted by molar-refractivity contribution is 8.06. The summed E-state index contributed by atoms with van der Waals surface area (Å²) in [7, 11) is -3.72. The van der Waals surface area contributed by atoms with Crippen LogP contribution in [-0.4, -0.2) is 23.2 Å². The van der Waals surface area contributed by atoms with Gasteiger partial charge in [0.15, 0.2) is 10.9 Å². The van der Waals surface area contributed by atoms with Crippen LogP contribution in [0.3, 0.4) is 0 Å². The van der Waals surface area contributed by atoms with E-state index in [1.165, 1.54) is 0 Å². The van der Waals surface area contributed by atoms with E-state index in [9.17, 15) is 8.42 Å². The summed E-state index contributed by atoms with van der Waals surface area (Å²) in [5, 5.41) is 9.25. The van der Waals surface area contributed by atoms with Crippen LogP contribution in [0.25, 0.3) is 11.1 Å². The van der Waals surface area contributed by atoms with Crippen LogP contribution >= 0.6 is 11.6 Å². The Hall–Kier alpha value is -2.64. The number of hydrazone groups is 1. The first kappa shape index (κ1) is 17.8. The van der Waals surface area contributed by atoms with Crippen LogP contribution in [0.4, 0.5) is 5.82 Å². The van der Waals surface area contributed by atoms with Crippen molar-refractivity contribution in [2.45, 2.75) is 24.8 Å². The lowest BCUT2D eigenvalue weighted by Crippen LogP contribution is -2.31. The largest absolute Gasteiger partial charge is 0.260 e. The molecule has 3 aromatic rings. The summed E-state index contributed by atoms with van der Waals surface area (Å²) in [6.45, 7) is 3.68. The predicted molar refractivity (Wildman–Crippen MR) is 107 cm³/mol. The Balaban J connectivity index is 1.72. The summed E-state index contributed by atoms with van der Waals surface area (Å²) in [6.07, 6.45) is 1.69. The lowest BCUT2D eigenvalue weighted by atomic mass is 10.1. The second-order valence-corrected chi connectivity index (χ2v) is 8.75. The summed E-state index contributed by atoms with van der Waals surface area (Å²) in [6, 6.07) is 13.6. The average Bonchev–Trinajstić information content (AvgIpc) is 3.08. The van der Waals surface area contributed by atoms with E-state index in [1.807, 2.05) is 19.1 Å². The number of hydrogen-bond acceptors (Lipinski definition) is 5. The molecule has 1 atom stereocenters. The molecule has 1 N–H and O–H groups in total. The molecule has 1 unspecified atom stereocenters. The SMILES string of the molecule is Cc1ccc(S(=O)(=O)C2=NNc3c(-c4ccc(Cl)cc4)cnn3C2C)cc1. The third kappa shape index (κ3) is 3.02. The number of sulfone groups is 1. The smallest absolute Gasteiger partial charge is 0.223 e. The van der Waals surface area contributed by atoms with E-state index in [4.69, 9.17) is 11.6 Å². The van der Waals surface area contributed by atoms with Crippen LogP contribution in [0.2, 0.25) is 5.02 Å². The average molecular weight is 401 g/mol. The molecule has 0 bridgehead atoms. The normalized spacial score (nSPS) is 16.4. The first-order chi connectivity index (χ1) is 12.9. The van der Waals surface area contributed by atoms with Gasteiger partial charge in [-0.2, -0.15) is 10.2 Å². The molecule has 0 radical (unpaired) electrons. The monoisotopic (exact) mass is 400 g/mol. The molecule has 2 aromatic carbocycles. The van der Waals surface area contributed by atoms with Gasteiger partial charge in [-0.05, 0) is 43.7 Å². The van der Waals surface area contributed by atoms with Crippen molar-refractivity contribution in [3.8, 4) is 11.1 Å². The maximum atomic E-state index is 13.0. The zero-order valence-electron chi connectivity index (χ0n) is 14.7. The van der Waals surface area contributed by atoms with Crippen molar-refractivity contribution < 1.29 is 8.42 Å². The summed E-state index contributed by atoms with van der Waals surface area (Å²) in [4.78, 5) is 0.217. The van der Waals surface area contributed by atoms with Gasteiger partial charge in [-0.25, -0.2) is 13.1 Å². The summed E-state index contributed by atoms with van der Waals surface area (Å²) in [5.74, 6) is 0.646. The van der Waals surface area contributed by atoms with Crippen molar-refractivity contribution in [2.24, 2.45) is 5.10 Å². The fourth-order valence-electron chi connectivity index (χ4n) is 3.04. The van der Waals surface area contributed by atoms with Crippen molar-refractivity contribution in [2.75, 3.05) is 5.43 Å². The Bertz CT molecular complexity index is 1130. The van der Waals surface area contributed by atoms with Crippen LogP contribution in [0.15, 0.2) is 64.7 Å². The number of benzene rings is 2. The van der Waals surface area contributed by atoms with Gasteiger partial charge < -0.3 is 0 Å². The van der Waals surface area contributed by atoms with Crippen molar-refractivity contribution >= 4 is 32.3 Å². The second kappa shape index (κ2) is 6.51. The van der Waals surface area contributed by atoms with Crippen molar-refractivity contribution in [1.82, 2.24) is 9.78 Å². The van der Waals surface area contributed by atoms with E-state index in [0.29, 0.717) is 10.8 Å². The van der Waals surface area contributed by atoms with Crippen LogP contribution in [0.5, 0.6) is 0 Å². The van der Waals surface area contributed by atoms with Crippen molar-refractivity contribution in [1.29, 1.82) is 0 Å². The van der Waals surface area contributed by atoms with Gasteiger partial charge >= 0.3 is 0 Å². The highest BCUT2D eigenvalue weighted by Crippen LogP contribution is 2.34. The first-order valence-electron chi connectivity index (χ1n) is 8.37. The molecule has 8 heteroatoms. The molecule has 138 valence electrons. The summed E-state index contributed by atoms with van der Waals surface area (Å²) in [5.41, 5.74) is 5.61. The maximum absolute atomic E-state index is 13.0. The van der Waals surface area contributed by atoms with E-state index < -0.39 is 15.9 Å². The number of aromatic nitrogens is 2. The molecule has 0 aliphatic carbocycles. The Kier molecular flexibility index (Phi) is 4.28. The van der Waals surface area contributed by atoms with Gasteiger partial charge in [-0.1, -0.05) is 41.4 Å². The highest BCUT2D eigenvalue weighted by atomic mass is 35.5. The number of anilines is 1. The highest BCUT2D eigenvalue weighted by Gasteiger charge is 2.34. The van der Waals surface area contributed by atoms with Crippen molar-refractivity contribution in [3.63, 3.8) is 0 Å². The van der Waals surface area contributed by atoms with E-state index in [1.54, 1.807) is 54.2 Å².